The molecular formula is C19H20INO6. The fraction of sp³-hybridized carbons (Fsp3) is 0.263. The van der Waals surface area contributed by atoms with Crippen LogP contribution in [-0.4, -0.2) is 39.8 Å². The van der Waals surface area contributed by atoms with Gasteiger partial charge in [0.05, 0.1) is 21.3 Å². The minimum Gasteiger partial charge on any atom is -0.493 e. The number of halogens is 1. The first-order valence-electron chi connectivity index (χ1n) is 7.93. The molecule has 0 saturated carbocycles. The van der Waals surface area contributed by atoms with Crippen LogP contribution >= 0.6 is 22.6 Å². The van der Waals surface area contributed by atoms with Gasteiger partial charge in [-0.15, -0.1) is 0 Å². The van der Waals surface area contributed by atoms with E-state index >= 15 is 0 Å². The van der Waals surface area contributed by atoms with E-state index in [4.69, 9.17) is 18.9 Å². The Bertz CT molecular complexity index is 852. The first-order valence-corrected chi connectivity index (χ1v) is 9.01. The molecule has 0 aliphatic carbocycles. The number of hydrogen-bond donors (Lipinski definition) is 1. The summed E-state index contributed by atoms with van der Waals surface area (Å²) in [5.41, 5.74) is 1.72. The number of methoxy groups -OCH3 is 3. The van der Waals surface area contributed by atoms with Crippen LogP contribution in [-0.2, 0) is 9.53 Å². The lowest BCUT2D eigenvalue weighted by Crippen LogP contribution is -2.21. The lowest BCUT2D eigenvalue weighted by molar-refractivity contribution is -0.119. The predicted octanol–water partition coefficient (Wildman–Crippen LogP) is 3.42. The van der Waals surface area contributed by atoms with Crippen LogP contribution in [0.3, 0.4) is 0 Å². The highest BCUT2D eigenvalue weighted by atomic mass is 127. The van der Waals surface area contributed by atoms with E-state index in [2.05, 4.69) is 27.9 Å². The Morgan fingerprint density at radius 1 is 1.00 bits per heavy atom. The number of carbonyl (C=O) groups excluding carboxylic acids is 2. The molecule has 0 aromatic heterocycles. The Kier molecular flexibility index (Phi) is 7.28. The second-order valence-electron chi connectivity index (χ2n) is 5.47. The van der Waals surface area contributed by atoms with Gasteiger partial charge in [0.15, 0.2) is 18.1 Å². The molecule has 0 aliphatic rings. The highest BCUT2D eigenvalue weighted by Crippen LogP contribution is 2.39. The van der Waals surface area contributed by atoms with E-state index < -0.39 is 18.5 Å². The molecular weight excluding hydrogens is 465 g/mol. The molecule has 1 N–H and O–H groups in total. The van der Waals surface area contributed by atoms with Crippen molar-refractivity contribution in [2.45, 2.75) is 6.92 Å². The number of benzene rings is 2. The van der Waals surface area contributed by atoms with Crippen LogP contribution in [0.5, 0.6) is 17.2 Å². The van der Waals surface area contributed by atoms with Crippen LogP contribution in [0.15, 0.2) is 30.3 Å². The fourth-order valence-corrected chi connectivity index (χ4v) is 3.07. The molecule has 0 fully saturated rings. The van der Waals surface area contributed by atoms with E-state index in [0.29, 0.717) is 11.4 Å². The third kappa shape index (κ3) is 5.03. The van der Waals surface area contributed by atoms with Crippen molar-refractivity contribution in [3.63, 3.8) is 0 Å². The monoisotopic (exact) mass is 485 g/mol. The number of aryl methyl sites for hydroxylation is 1. The third-order valence-electron chi connectivity index (χ3n) is 3.72. The molecule has 0 unspecified atom stereocenters. The van der Waals surface area contributed by atoms with Gasteiger partial charge < -0.3 is 24.3 Å². The Morgan fingerprint density at radius 2 is 1.70 bits per heavy atom. The van der Waals surface area contributed by atoms with Crippen molar-refractivity contribution in [2.75, 3.05) is 33.3 Å². The standard InChI is InChI=1S/C19H20INO6/c1-11-9-12(20)5-7-14(11)21-16(22)10-27-19(23)13-6-8-15(24-2)18(26-4)17(13)25-3/h5-9H,10H2,1-4H3,(H,21,22). The average molecular weight is 485 g/mol. The van der Waals surface area contributed by atoms with Crippen LogP contribution in [0, 0.1) is 10.5 Å². The van der Waals surface area contributed by atoms with Crippen molar-refractivity contribution in [1.29, 1.82) is 0 Å². The Morgan fingerprint density at radius 3 is 2.30 bits per heavy atom. The van der Waals surface area contributed by atoms with Crippen LogP contribution in [0.4, 0.5) is 5.69 Å². The molecule has 0 aliphatic heterocycles. The highest BCUT2D eigenvalue weighted by Gasteiger charge is 2.22. The molecule has 8 heteroatoms. The summed E-state index contributed by atoms with van der Waals surface area (Å²) >= 11 is 2.19. The van der Waals surface area contributed by atoms with E-state index in [1.807, 2.05) is 19.1 Å². The number of nitrogens with one attached hydrogen (secondary N) is 1. The van der Waals surface area contributed by atoms with Crippen molar-refractivity contribution in [2.24, 2.45) is 0 Å². The molecule has 2 aromatic carbocycles. The van der Waals surface area contributed by atoms with Gasteiger partial charge in [-0.3, -0.25) is 4.79 Å². The summed E-state index contributed by atoms with van der Waals surface area (Å²) in [6.07, 6.45) is 0. The molecule has 0 heterocycles. The zero-order valence-corrected chi connectivity index (χ0v) is 17.6. The third-order valence-corrected chi connectivity index (χ3v) is 4.39. The number of hydrogen-bond acceptors (Lipinski definition) is 6. The van der Waals surface area contributed by atoms with E-state index in [9.17, 15) is 9.59 Å². The summed E-state index contributed by atoms with van der Waals surface area (Å²) in [5, 5.41) is 2.72. The summed E-state index contributed by atoms with van der Waals surface area (Å²) in [5.74, 6) is -0.281. The largest absolute Gasteiger partial charge is 0.493 e. The average Bonchev–Trinajstić information content (AvgIpc) is 2.66. The summed E-state index contributed by atoms with van der Waals surface area (Å²) in [6.45, 7) is 1.46. The van der Waals surface area contributed by atoms with Crippen molar-refractivity contribution >= 4 is 40.2 Å². The molecule has 0 spiro atoms. The van der Waals surface area contributed by atoms with Gasteiger partial charge in [-0.05, 0) is 65.4 Å². The summed E-state index contributed by atoms with van der Waals surface area (Å²) in [6, 6.07) is 8.67. The second-order valence-corrected chi connectivity index (χ2v) is 6.71. The molecule has 144 valence electrons. The topological polar surface area (TPSA) is 83.1 Å². The number of carbonyl (C=O) groups is 2. The second kappa shape index (κ2) is 9.45. The van der Waals surface area contributed by atoms with Gasteiger partial charge in [0.25, 0.3) is 5.91 Å². The van der Waals surface area contributed by atoms with Gasteiger partial charge in [-0.2, -0.15) is 0 Å². The maximum atomic E-state index is 12.4. The molecule has 2 aromatic rings. The molecule has 0 saturated heterocycles. The SMILES string of the molecule is COc1ccc(C(=O)OCC(=O)Nc2ccc(I)cc2C)c(OC)c1OC. The van der Waals surface area contributed by atoms with Gasteiger partial charge in [0.2, 0.25) is 5.75 Å². The zero-order chi connectivity index (χ0) is 20.0. The van der Waals surface area contributed by atoms with Crippen molar-refractivity contribution in [1.82, 2.24) is 0 Å². The lowest BCUT2D eigenvalue weighted by atomic mass is 10.1. The number of esters is 1. The minimum atomic E-state index is -0.706. The van der Waals surface area contributed by atoms with E-state index in [1.165, 1.54) is 27.4 Å². The maximum absolute atomic E-state index is 12.4. The lowest BCUT2D eigenvalue weighted by Gasteiger charge is -2.15. The van der Waals surface area contributed by atoms with E-state index in [-0.39, 0.29) is 17.1 Å². The van der Waals surface area contributed by atoms with Gasteiger partial charge >= 0.3 is 5.97 Å². The number of anilines is 1. The van der Waals surface area contributed by atoms with Crippen LogP contribution in [0.2, 0.25) is 0 Å². The summed E-state index contributed by atoms with van der Waals surface area (Å²) < 4.78 is 21.8. The van der Waals surface area contributed by atoms with E-state index in [0.717, 1.165) is 9.13 Å². The maximum Gasteiger partial charge on any atom is 0.342 e. The van der Waals surface area contributed by atoms with Crippen molar-refractivity contribution in [3.05, 3.63) is 45.0 Å². The first kappa shape index (κ1) is 20.8. The van der Waals surface area contributed by atoms with Gasteiger partial charge in [0, 0.05) is 9.26 Å². The number of amides is 1. The van der Waals surface area contributed by atoms with Crippen LogP contribution < -0.4 is 19.5 Å². The first-order chi connectivity index (χ1) is 12.9. The zero-order valence-electron chi connectivity index (χ0n) is 15.4. The normalized spacial score (nSPS) is 10.1. The number of rotatable bonds is 7. The molecule has 1 amide bonds. The van der Waals surface area contributed by atoms with Gasteiger partial charge in [-0.1, -0.05) is 0 Å². The Labute approximate surface area is 171 Å². The quantitative estimate of drug-likeness (QED) is 0.478. The predicted molar refractivity (Wildman–Crippen MR) is 109 cm³/mol. The van der Waals surface area contributed by atoms with Crippen LogP contribution in [0.1, 0.15) is 15.9 Å². The fourth-order valence-electron chi connectivity index (χ4n) is 2.42. The van der Waals surface area contributed by atoms with Gasteiger partial charge in [-0.25, -0.2) is 4.79 Å². The van der Waals surface area contributed by atoms with Gasteiger partial charge in [0.1, 0.15) is 5.56 Å². The Hall–Kier alpha value is -2.49. The van der Waals surface area contributed by atoms with Crippen molar-refractivity contribution < 1.29 is 28.5 Å². The van der Waals surface area contributed by atoms with E-state index in [1.54, 1.807) is 12.1 Å². The molecule has 0 bridgehead atoms. The molecule has 7 nitrogen and oxygen atoms in total. The summed E-state index contributed by atoms with van der Waals surface area (Å²) in [7, 11) is 4.32. The molecule has 27 heavy (non-hydrogen) atoms. The smallest absolute Gasteiger partial charge is 0.342 e. The highest BCUT2D eigenvalue weighted by molar-refractivity contribution is 14.1. The molecule has 0 atom stereocenters. The van der Waals surface area contributed by atoms with Crippen LogP contribution in [0.25, 0.3) is 0 Å². The number of ether oxygens (including phenoxy) is 4. The summed E-state index contributed by atoms with van der Waals surface area (Å²) in [4.78, 5) is 24.5. The Balaban J connectivity index is 2.08. The van der Waals surface area contributed by atoms with Crippen molar-refractivity contribution in [3.8, 4) is 17.2 Å². The molecule has 0 radical (unpaired) electrons. The molecule has 2 rings (SSSR count). The minimum absolute atomic E-state index is 0.133.